The zero-order valence-corrected chi connectivity index (χ0v) is 29.7. The van der Waals surface area contributed by atoms with Gasteiger partial charge in [0.15, 0.2) is 6.29 Å². The predicted molar refractivity (Wildman–Crippen MR) is 188 cm³/mol. The Labute approximate surface area is 289 Å². The normalized spacial score (nSPS) is 12.8. The average Bonchev–Trinajstić information content (AvgIpc) is 3.04. The summed E-state index contributed by atoms with van der Waals surface area (Å²) in [6, 6.07) is 20.7. The summed E-state index contributed by atoms with van der Waals surface area (Å²) in [5, 5.41) is 8.73. The van der Waals surface area contributed by atoms with Crippen molar-refractivity contribution in [1.29, 1.82) is 0 Å². The maximum Gasteiger partial charge on any atom is 0.329 e. The number of hydrazine groups is 1. The van der Waals surface area contributed by atoms with E-state index in [1.165, 1.54) is 12.1 Å². The van der Waals surface area contributed by atoms with E-state index in [2.05, 4.69) is 16.1 Å². The summed E-state index contributed by atoms with van der Waals surface area (Å²) >= 11 is 0. The monoisotopic (exact) mass is 677 g/mol. The molecule has 3 rings (SSSR count). The van der Waals surface area contributed by atoms with Gasteiger partial charge in [0.1, 0.15) is 11.6 Å². The molecule has 4 amide bonds. The highest BCUT2D eigenvalue weighted by molar-refractivity contribution is 5.92. The molecule has 0 aliphatic heterocycles. The van der Waals surface area contributed by atoms with Crippen molar-refractivity contribution in [2.75, 3.05) is 26.8 Å². The molecule has 2 unspecified atom stereocenters. The minimum atomic E-state index is -1.29. The maximum absolute atomic E-state index is 14.6. The molecular formula is C37H51N5O7. The summed E-state index contributed by atoms with van der Waals surface area (Å²) in [4.78, 5) is 55.1. The lowest BCUT2D eigenvalue weighted by molar-refractivity contribution is -0.180. The highest BCUT2D eigenvalue weighted by Crippen LogP contribution is 2.24. The smallest absolute Gasteiger partial charge is 0.329 e. The number of benzene rings is 3. The van der Waals surface area contributed by atoms with Crippen LogP contribution in [0.25, 0.3) is 10.8 Å². The number of ether oxygens (including phenoxy) is 3. The van der Waals surface area contributed by atoms with E-state index in [-0.39, 0.29) is 13.1 Å². The second-order valence-electron chi connectivity index (χ2n) is 12.7. The number of esters is 1. The molecule has 3 aromatic rings. The molecular weight excluding hydrogens is 626 g/mol. The van der Waals surface area contributed by atoms with Crippen LogP contribution in [0.3, 0.4) is 0 Å². The molecule has 0 saturated carbocycles. The Hall–Kier alpha value is -4.52. The van der Waals surface area contributed by atoms with Gasteiger partial charge in [0.25, 0.3) is 0 Å². The first-order valence-corrected chi connectivity index (χ1v) is 16.6. The van der Waals surface area contributed by atoms with Crippen LogP contribution in [0.2, 0.25) is 0 Å². The molecule has 0 saturated heterocycles. The van der Waals surface area contributed by atoms with E-state index in [4.69, 9.17) is 14.2 Å². The summed E-state index contributed by atoms with van der Waals surface area (Å²) in [6.07, 6.45) is -1.18. The van der Waals surface area contributed by atoms with Crippen molar-refractivity contribution >= 4 is 34.6 Å². The van der Waals surface area contributed by atoms with Crippen molar-refractivity contribution in [2.45, 2.75) is 85.0 Å². The van der Waals surface area contributed by atoms with E-state index >= 15 is 0 Å². The fourth-order valence-electron chi connectivity index (χ4n) is 5.27. The second-order valence-corrected chi connectivity index (χ2v) is 12.7. The second kappa shape index (κ2) is 18.9. The number of urea groups is 1. The molecule has 0 aliphatic rings. The van der Waals surface area contributed by atoms with Gasteiger partial charge in [-0.15, -0.1) is 0 Å². The van der Waals surface area contributed by atoms with Crippen LogP contribution in [0, 0.1) is 0 Å². The zero-order chi connectivity index (χ0) is 36.0. The van der Waals surface area contributed by atoms with Crippen LogP contribution in [0.15, 0.2) is 72.8 Å². The number of amides is 4. The van der Waals surface area contributed by atoms with Crippen molar-refractivity contribution in [2.24, 2.45) is 0 Å². The van der Waals surface area contributed by atoms with E-state index in [0.717, 1.165) is 21.9 Å². The Morgan fingerprint density at radius 3 is 2.14 bits per heavy atom. The summed E-state index contributed by atoms with van der Waals surface area (Å²) in [6.45, 7) is 11.5. The number of nitrogens with zero attached hydrogens (tertiary/aromatic N) is 2. The Morgan fingerprint density at radius 1 is 0.857 bits per heavy atom. The maximum atomic E-state index is 14.6. The number of hydrogen-bond acceptors (Lipinski definition) is 8. The fourth-order valence-corrected chi connectivity index (χ4v) is 5.27. The van der Waals surface area contributed by atoms with Crippen LogP contribution in [0.1, 0.15) is 59.1 Å². The molecule has 0 spiro atoms. The number of carbonyl (C=O) groups excluding carboxylic acids is 4. The van der Waals surface area contributed by atoms with Crippen molar-refractivity contribution in [3.63, 3.8) is 0 Å². The van der Waals surface area contributed by atoms with Crippen molar-refractivity contribution in [3.05, 3.63) is 83.9 Å². The first-order valence-electron chi connectivity index (χ1n) is 16.6. The Morgan fingerprint density at radius 2 is 1.49 bits per heavy atom. The molecule has 0 heterocycles. The van der Waals surface area contributed by atoms with Crippen LogP contribution in [-0.2, 0) is 41.7 Å². The van der Waals surface area contributed by atoms with Crippen molar-refractivity contribution in [1.82, 2.24) is 26.0 Å². The molecule has 3 N–H and O–H groups in total. The summed E-state index contributed by atoms with van der Waals surface area (Å²) < 4.78 is 17.3. The van der Waals surface area contributed by atoms with E-state index in [9.17, 15) is 19.2 Å². The highest BCUT2D eigenvalue weighted by atomic mass is 16.7. The topological polar surface area (TPSA) is 139 Å². The lowest BCUT2D eigenvalue weighted by Gasteiger charge is -2.37. The lowest BCUT2D eigenvalue weighted by Crippen LogP contribution is -2.56. The van der Waals surface area contributed by atoms with Gasteiger partial charge in [-0.25, -0.2) is 9.80 Å². The van der Waals surface area contributed by atoms with Crippen molar-refractivity contribution in [3.8, 4) is 0 Å². The van der Waals surface area contributed by atoms with Crippen LogP contribution in [0.5, 0.6) is 0 Å². The molecule has 12 nitrogen and oxygen atoms in total. The number of likely N-dealkylation sites (N-methyl/N-ethyl adjacent to an activating group) is 1. The first kappa shape index (κ1) is 38.9. The van der Waals surface area contributed by atoms with Crippen LogP contribution < -0.4 is 16.1 Å². The third-order valence-electron chi connectivity index (χ3n) is 7.44. The summed E-state index contributed by atoms with van der Waals surface area (Å²) in [5.41, 5.74) is 3.57. The SMILES string of the molecule is CCOC(OCC)C(C)N(Cc1cccc2ccccc12)C(=O)C(CC(=O)OC(C)(C)C)NC(=O)CN(C)NC(=O)NCc1ccccc1. The largest absolute Gasteiger partial charge is 0.460 e. The molecule has 266 valence electrons. The van der Waals surface area contributed by atoms with E-state index in [0.29, 0.717) is 19.8 Å². The van der Waals surface area contributed by atoms with Gasteiger partial charge in [0.05, 0.1) is 19.0 Å². The van der Waals surface area contributed by atoms with Gasteiger partial charge < -0.3 is 29.7 Å². The molecule has 49 heavy (non-hydrogen) atoms. The summed E-state index contributed by atoms with van der Waals surface area (Å²) in [5.74, 6) is -1.75. The molecule has 0 bridgehead atoms. The minimum Gasteiger partial charge on any atom is -0.460 e. The average molecular weight is 678 g/mol. The number of carbonyl (C=O) groups is 4. The Kier molecular flexibility index (Phi) is 15.0. The lowest BCUT2D eigenvalue weighted by atomic mass is 10.0. The number of nitrogens with one attached hydrogen (secondary N) is 3. The van der Waals surface area contributed by atoms with Gasteiger partial charge in [-0.2, -0.15) is 0 Å². The minimum absolute atomic E-state index is 0.154. The number of rotatable bonds is 17. The highest BCUT2D eigenvalue weighted by Gasteiger charge is 2.36. The quantitative estimate of drug-likeness (QED) is 0.108. The van der Waals surface area contributed by atoms with Crippen molar-refractivity contribution < 1.29 is 33.4 Å². The molecule has 3 aromatic carbocycles. The van der Waals surface area contributed by atoms with E-state index in [1.807, 2.05) is 93.6 Å². The zero-order valence-electron chi connectivity index (χ0n) is 29.7. The molecule has 0 fully saturated rings. The number of hydrogen-bond donors (Lipinski definition) is 3. The Balaban J connectivity index is 1.86. The molecule has 0 aliphatic carbocycles. The fraction of sp³-hybridized carbons (Fsp3) is 0.459. The van der Waals surface area contributed by atoms with Crippen LogP contribution in [-0.4, -0.2) is 84.5 Å². The van der Waals surface area contributed by atoms with E-state index < -0.39 is 54.2 Å². The van der Waals surface area contributed by atoms with Gasteiger partial charge >= 0.3 is 12.0 Å². The standard InChI is InChI=1S/C37H51N5O7/c1-8-47-35(48-9-2)26(3)42(24-29-20-15-19-28-18-13-14-21-30(28)29)34(45)31(22-33(44)49-37(4,5)6)39-32(43)25-41(7)40-36(46)38-23-27-16-11-10-12-17-27/h10-21,26,31,35H,8-9,22-25H2,1-7H3,(H,39,43)(H2,38,40,46). The molecule has 0 aromatic heterocycles. The van der Waals surface area contributed by atoms with Crippen LogP contribution >= 0.6 is 0 Å². The predicted octanol–water partition coefficient (Wildman–Crippen LogP) is 4.52. The first-order chi connectivity index (χ1) is 23.3. The van der Waals surface area contributed by atoms with Gasteiger partial charge in [0.2, 0.25) is 11.8 Å². The molecule has 2 atom stereocenters. The van der Waals surface area contributed by atoms with Gasteiger partial charge in [-0.3, -0.25) is 19.8 Å². The van der Waals surface area contributed by atoms with Gasteiger partial charge in [-0.05, 0) is 63.4 Å². The number of fused-ring (bicyclic) bond motifs is 1. The van der Waals surface area contributed by atoms with Gasteiger partial charge in [0, 0.05) is 33.4 Å². The van der Waals surface area contributed by atoms with Gasteiger partial charge in [-0.1, -0.05) is 72.8 Å². The third kappa shape index (κ3) is 12.8. The third-order valence-corrected chi connectivity index (χ3v) is 7.44. The molecule has 12 heteroatoms. The Bertz CT molecular complexity index is 1520. The molecule has 0 radical (unpaired) electrons. The summed E-state index contributed by atoms with van der Waals surface area (Å²) in [7, 11) is 1.52. The van der Waals surface area contributed by atoms with Crippen LogP contribution in [0.4, 0.5) is 4.79 Å². The van der Waals surface area contributed by atoms with E-state index in [1.54, 1.807) is 25.7 Å².